The maximum absolute atomic E-state index is 12.5. The predicted octanol–water partition coefficient (Wildman–Crippen LogP) is 3.34. The van der Waals surface area contributed by atoms with E-state index in [9.17, 15) is 4.79 Å². The first kappa shape index (κ1) is 17.8. The molecule has 1 N–H and O–H groups in total. The maximum Gasteiger partial charge on any atom is 0.242 e. The third-order valence-electron chi connectivity index (χ3n) is 4.86. The first-order valence-corrected chi connectivity index (χ1v) is 8.99. The zero-order valence-corrected chi connectivity index (χ0v) is 14.8. The average Bonchev–Trinajstić information content (AvgIpc) is 2.58. The molecule has 1 heterocycles. The van der Waals surface area contributed by atoms with Crippen LogP contribution in [0.2, 0.25) is 0 Å². The number of carbonyl (C=O) groups excluding carboxylic acids is 1. The minimum absolute atomic E-state index is 0.217. The molecule has 1 unspecified atom stereocenters. The Balaban J connectivity index is 1.96. The number of likely N-dealkylation sites (tertiary alicyclic amines) is 1. The summed E-state index contributed by atoms with van der Waals surface area (Å²) in [5, 5.41) is 3.37. The molecule has 0 spiro atoms. The Hall–Kier alpha value is -1.55. The minimum atomic E-state index is 0.217. The maximum atomic E-state index is 12.5. The van der Waals surface area contributed by atoms with E-state index in [-0.39, 0.29) is 5.91 Å². The number of nitrogens with one attached hydrogen (secondary N) is 1. The average molecular weight is 317 g/mol. The second kappa shape index (κ2) is 8.92. The summed E-state index contributed by atoms with van der Waals surface area (Å²) >= 11 is 0. The zero-order valence-electron chi connectivity index (χ0n) is 14.8. The smallest absolute Gasteiger partial charge is 0.242 e. The van der Waals surface area contributed by atoms with Crippen molar-refractivity contribution in [1.29, 1.82) is 0 Å². The van der Waals surface area contributed by atoms with Gasteiger partial charge in [0.05, 0.1) is 6.54 Å². The summed E-state index contributed by atoms with van der Waals surface area (Å²) in [6.45, 7) is 10.8. The number of anilines is 1. The van der Waals surface area contributed by atoms with Crippen LogP contribution in [0.4, 0.5) is 5.69 Å². The van der Waals surface area contributed by atoms with Crippen molar-refractivity contribution in [3.63, 3.8) is 0 Å². The van der Waals surface area contributed by atoms with Crippen LogP contribution in [-0.2, 0) is 11.3 Å². The summed E-state index contributed by atoms with van der Waals surface area (Å²) in [6, 6.07) is 8.70. The molecule has 0 aliphatic carbocycles. The molecule has 1 amide bonds. The van der Waals surface area contributed by atoms with Crippen molar-refractivity contribution in [3.8, 4) is 0 Å². The molecule has 2 rings (SSSR count). The van der Waals surface area contributed by atoms with Gasteiger partial charge in [-0.05, 0) is 50.9 Å². The van der Waals surface area contributed by atoms with Crippen molar-refractivity contribution >= 4 is 11.6 Å². The van der Waals surface area contributed by atoms with E-state index >= 15 is 0 Å². The third-order valence-corrected chi connectivity index (χ3v) is 4.86. The Bertz CT molecular complexity index is 499. The van der Waals surface area contributed by atoms with Gasteiger partial charge in [-0.3, -0.25) is 9.69 Å². The van der Waals surface area contributed by atoms with Gasteiger partial charge in [-0.1, -0.05) is 32.0 Å². The molecule has 0 aromatic heterocycles. The largest absolute Gasteiger partial charge is 0.376 e. The van der Waals surface area contributed by atoms with E-state index in [4.69, 9.17) is 0 Å². The van der Waals surface area contributed by atoms with Crippen LogP contribution in [0.5, 0.6) is 0 Å². The van der Waals surface area contributed by atoms with E-state index in [1.807, 2.05) is 11.0 Å². The van der Waals surface area contributed by atoms with Crippen LogP contribution < -0.4 is 5.32 Å². The van der Waals surface area contributed by atoms with Gasteiger partial charge in [0.15, 0.2) is 0 Å². The van der Waals surface area contributed by atoms with Crippen molar-refractivity contribution in [2.75, 3.05) is 31.5 Å². The number of piperidine rings is 1. The molecule has 0 radical (unpaired) electrons. The van der Waals surface area contributed by atoms with Gasteiger partial charge in [0.1, 0.15) is 0 Å². The van der Waals surface area contributed by atoms with Crippen LogP contribution >= 0.6 is 0 Å². The van der Waals surface area contributed by atoms with Gasteiger partial charge in [-0.15, -0.1) is 0 Å². The Morgan fingerprint density at radius 3 is 2.70 bits per heavy atom. The van der Waals surface area contributed by atoms with Crippen LogP contribution in [0.25, 0.3) is 0 Å². The summed E-state index contributed by atoms with van der Waals surface area (Å²) in [5.41, 5.74) is 2.34. The van der Waals surface area contributed by atoms with Crippen molar-refractivity contribution in [1.82, 2.24) is 9.80 Å². The monoisotopic (exact) mass is 317 g/mol. The lowest BCUT2D eigenvalue weighted by molar-refractivity contribution is -0.132. The molecule has 1 aromatic carbocycles. The lowest BCUT2D eigenvalue weighted by atomic mass is 10.0. The minimum Gasteiger partial charge on any atom is -0.376 e. The van der Waals surface area contributed by atoms with Gasteiger partial charge in [0.2, 0.25) is 5.91 Å². The summed E-state index contributed by atoms with van der Waals surface area (Å²) in [7, 11) is 0. The molecule has 1 saturated heterocycles. The fourth-order valence-electron chi connectivity index (χ4n) is 3.26. The third kappa shape index (κ3) is 4.96. The van der Waals surface area contributed by atoms with E-state index in [1.165, 1.54) is 12.0 Å². The zero-order chi connectivity index (χ0) is 16.7. The molecule has 0 bridgehead atoms. The van der Waals surface area contributed by atoms with Crippen molar-refractivity contribution < 1.29 is 4.79 Å². The summed E-state index contributed by atoms with van der Waals surface area (Å²) in [4.78, 5) is 16.9. The Morgan fingerprint density at radius 1 is 1.26 bits per heavy atom. The van der Waals surface area contributed by atoms with E-state index in [1.54, 1.807) is 0 Å². The number of para-hydroxylation sites is 1. The van der Waals surface area contributed by atoms with Crippen LogP contribution in [0.15, 0.2) is 24.3 Å². The second-order valence-corrected chi connectivity index (χ2v) is 6.40. The molecule has 4 nitrogen and oxygen atoms in total. The molecule has 4 heteroatoms. The topological polar surface area (TPSA) is 35.6 Å². The van der Waals surface area contributed by atoms with Gasteiger partial charge in [0.25, 0.3) is 0 Å². The van der Waals surface area contributed by atoms with Gasteiger partial charge in [0, 0.05) is 24.8 Å². The number of hydrogen-bond acceptors (Lipinski definition) is 3. The second-order valence-electron chi connectivity index (χ2n) is 6.40. The van der Waals surface area contributed by atoms with Crippen molar-refractivity contribution in [3.05, 3.63) is 29.8 Å². The number of carbonyl (C=O) groups is 1. The van der Waals surface area contributed by atoms with Crippen LogP contribution in [0.1, 0.15) is 45.6 Å². The van der Waals surface area contributed by atoms with Gasteiger partial charge >= 0.3 is 0 Å². The summed E-state index contributed by atoms with van der Waals surface area (Å²) < 4.78 is 0. The molecule has 128 valence electrons. The molecule has 1 atom stereocenters. The Labute approximate surface area is 140 Å². The lowest BCUT2D eigenvalue weighted by Crippen LogP contribution is -2.44. The standard InChI is InChI=1S/C19H31N3O/c1-4-21(5-2)15-17-11-6-7-12-18(17)20-14-19(23)22-13-9-8-10-16(22)3/h6-7,11-12,16,20H,4-5,8-10,13-15H2,1-3H3. The van der Waals surface area contributed by atoms with Gasteiger partial charge in [-0.25, -0.2) is 0 Å². The Kier molecular flexibility index (Phi) is 6.90. The molecule has 23 heavy (non-hydrogen) atoms. The molecule has 0 saturated carbocycles. The quantitative estimate of drug-likeness (QED) is 0.838. The number of benzene rings is 1. The van der Waals surface area contributed by atoms with Crippen LogP contribution in [0.3, 0.4) is 0 Å². The van der Waals surface area contributed by atoms with E-state index in [0.29, 0.717) is 12.6 Å². The first-order valence-electron chi connectivity index (χ1n) is 8.99. The molecule has 1 aliphatic rings. The molecule has 1 fully saturated rings. The number of rotatable bonds is 7. The molecular formula is C19H31N3O. The van der Waals surface area contributed by atoms with E-state index in [0.717, 1.165) is 44.7 Å². The van der Waals surface area contributed by atoms with Crippen LogP contribution in [-0.4, -0.2) is 47.9 Å². The highest BCUT2D eigenvalue weighted by atomic mass is 16.2. The van der Waals surface area contributed by atoms with Crippen molar-refractivity contribution in [2.24, 2.45) is 0 Å². The highest BCUT2D eigenvalue weighted by Crippen LogP contribution is 2.19. The predicted molar refractivity (Wildman–Crippen MR) is 96.6 cm³/mol. The van der Waals surface area contributed by atoms with E-state index < -0.39 is 0 Å². The SMILES string of the molecule is CCN(CC)Cc1ccccc1NCC(=O)N1CCCCC1C. The lowest BCUT2D eigenvalue weighted by Gasteiger charge is -2.33. The van der Waals surface area contributed by atoms with E-state index in [2.05, 4.69) is 49.2 Å². The molecule has 1 aromatic rings. The number of hydrogen-bond donors (Lipinski definition) is 1. The molecule has 1 aliphatic heterocycles. The Morgan fingerprint density at radius 2 is 2.00 bits per heavy atom. The first-order chi connectivity index (χ1) is 11.2. The number of amides is 1. The normalized spacial score (nSPS) is 18.3. The highest BCUT2D eigenvalue weighted by Gasteiger charge is 2.22. The number of nitrogens with zero attached hydrogens (tertiary/aromatic N) is 2. The van der Waals surface area contributed by atoms with Crippen LogP contribution in [0, 0.1) is 0 Å². The summed E-state index contributed by atoms with van der Waals surface area (Å²) in [6.07, 6.45) is 3.50. The van der Waals surface area contributed by atoms with Gasteiger partial charge in [-0.2, -0.15) is 0 Å². The van der Waals surface area contributed by atoms with Crippen molar-refractivity contribution in [2.45, 2.75) is 52.6 Å². The fourth-order valence-corrected chi connectivity index (χ4v) is 3.26. The highest BCUT2D eigenvalue weighted by molar-refractivity contribution is 5.81. The van der Waals surface area contributed by atoms with Gasteiger partial charge < -0.3 is 10.2 Å². The molecular weight excluding hydrogens is 286 g/mol. The fraction of sp³-hybridized carbons (Fsp3) is 0.632. The summed E-state index contributed by atoms with van der Waals surface area (Å²) in [5.74, 6) is 0.217.